The van der Waals surface area contributed by atoms with Crippen LogP contribution in [0.1, 0.15) is 6.42 Å². The average molecular weight is 303 g/mol. The van der Waals surface area contributed by atoms with Crippen LogP contribution >= 0.6 is 0 Å². The lowest BCUT2D eigenvalue weighted by molar-refractivity contribution is 0.241. The van der Waals surface area contributed by atoms with Gasteiger partial charge in [-0.2, -0.15) is 0 Å². The Labute approximate surface area is 130 Å². The summed E-state index contributed by atoms with van der Waals surface area (Å²) in [6.07, 6.45) is 0.740. The van der Waals surface area contributed by atoms with Gasteiger partial charge in [-0.25, -0.2) is 0 Å². The minimum atomic E-state index is 0.520. The lowest BCUT2D eigenvalue weighted by Gasteiger charge is -2.12. The van der Waals surface area contributed by atoms with Gasteiger partial charge in [0, 0.05) is 12.5 Å². The summed E-state index contributed by atoms with van der Waals surface area (Å²) in [7, 11) is 3.22. The van der Waals surface area contributed by atoms with E-state index in [9.17, 15) is 0 Å². The molecule has 0 saturated carbocycles. The van der Waals surface area contributed by atoms with E-state index in [-0.39, 0.29) is 0 Å². The molecule has 5 nitrogen and oxygen atoms in total. The molecule has 5 heteroatoms. The van der Waals surface area contributed by atoms with Gasteiger partial charge in [0.2, 0.25) is 0 Å². The van der Waals surface area contributed by atoms with Crippen LogP contribution in [0, 0.1) is 0 Å². The number of nitrogens with two attached hydrogens (primary N) is 1. The van der Waals surface area contributed by atoms with Gasteiger partial charge in [-0.15, -0.1) is 0 Å². The van der Waals surface area contributed by atoms with E-state index in [1.54, 1.807) is 26.4 Å². The molecular formula is C17H21NO4. The summed E-state index contributed by atoms with van der Waals surface area (Å²) in [4.78, 5) is 0. The molecule has 0 aliphatic heterocycles. The summed E-state index contributed by atoms with van der Waals surface area (Å²) in [5, 5.41) is 0. The van der Waals surface area contributed by atoms with Gasteiger partial charge < -0.3 is 24.7 Å². The van der Waals surface area contributed by atoms with Crippen molar-refractivity contribution in [3.8, 4) is 23.0 Å². The fourth-order valence-corrected chi connectivity index (χ4v) is 1.95. The van der Waals surface area contributed by atoms with Crippen molar-refractivity contribution in [2.45, 2.75) is 6.42 Å². The molecule has 0 aliphatic carbocycles. The van der Waals surface area contributed by atoms with Crippen LogP contribution in [0.3, 0.4) is 0 Å². The molecule has 0 bridgehead atoms. The van der Waals surface area contributed by atoms with Crippen LogP contribution in [0.4, 0.5) is 5.69 Å². The summed E-state index contributed by atoms with van der Waals surface area (Å²) < 4.78 is 21.6. The predicted octanol–water partition coefficient (Wildman–Crippen LogP) is 3.13. The maximum Gasteiger partial charge on any atom is 0.161 e. The van der Waals surface area contributed by atoms with Crippen molar-refractivity contribution in [1.29, 1.82) is 0 Å². The molecule has 0 spiro atoms. The standard InChI is InChI=1S/C17H21NO4/c1-19-13-8-9-15(14(18)12-13)21-10-5-11-22-17-7-4-3-6-16(17)20-2/h3-4,6-9,12H,5,10-11,18H2,1-2H3. The summed E-state index contributed by atoms with van der Waals surface area (Å²) in [6.45, 7) is 1.06. The third-order valence-corrected chi connectivity index (χ3v) is 3.09. The Morgan fingerprint density at radius 3 is 2.14 bits per heavy atom. The molecule has 0 heterocycles. The zero-order valence-corrected chi connectivity index (χ0v) is 12.9. The maximum absolute atomic E-state index is 5.89. The monoisotopic (exact) mass is 303 g/mol. The van der Waals surface area contributed by atoms with Gasteiger partial charge in [-0.05, 0) is 24.3 Å². The smallest absolute Gasteiger partial charge is 0.161 e. The average Bonchev–Trinajstić information content (AvgIpc) is 2.56. The van der Waals surface area contributed by atoms with Crippen molar-refractivity contribution in [3.05, 3.63) is 42.5 Å². The highest BCUT2D eigenvalue weighted by Crippen LogP contribution is 2.27. The first-order valence-electron chi connectivity index (χ1n) is 7.06. The van der Waals surface area contributed by atoms with Crippen LogP contribution in [0.2, 0.25) is 0 Å². The molecule has 0 aromatic heterocycles. The molecule has 118 valence electrons. The highest BCUT2D eigenvalue weighted by Gasteiger charge is 2.04. The number of methoxy groups -OCH3 is 2. The van der Waals surface area contributed by atoms with Gasteiger partial charge in [-0.3, -0.25) is 0 Å². The number of anilines is 1. The largest absolute Gasteiger partial charge is 0.497 e. The van der Waals surface area contributed by atoms with E-state index < -0.39 is 0 Å². The number of nitrogen functional groups attached to an aromatic ring is 1. The number of ether oxygens (including phenoxy) is 4. The van der Waals surface area contributed by atoms with Gasteiger partial charge in [0.15, 0.2) is 11.5 Å². The quantitative estimate of drug-likeness (QED) is 0.599. The fraction of sp³-hybridized carbons (Fsp3) is 0.294. The SMILES string of the molecule is COc1ccc(OCCCOc2ccccc2OC)c(N)c1. The van der Waals surface area contributed by atoms with E-state index in [0.717, 1.165) is 17.9 Å². The van der Waals surface area contributed by atoms with Crippen LogP contribution in [-0.4, -0.2) is 27.4 Å². The Morgan fingerprint density at radius 2 is 1.50 bits per heavy atom. The van der Waals surface area contributed by atoms with E-state index in [0.29, 0.717) is 30.4 Å². The minimum Gasteiger partial charge on any atom is -0.497 e. The van der Waals surface area contributed by atoms with E-state index in [1.165, 1.54) is 0 Å². The van der Waals surface area contributed by atoms with Crippen molar-refractivity contribution in [2.24, 2.45) is 0 Å². The Kier molecular flexibility index (Phi) is 5.77. The molecule has 0 unspecified atom stereocenters. The Bertz CT molecular complexity index is 601. The molecule has 0 atom stereocenters. The first kappa shape index (κ1) is 15.8. The number of hydrogen-bond acceptors (Lipinski definition) is 5. The molecule has 22 heavy (non-hydrogen) atoms. The summed E-state index contributed by atoms with van der Waals surface area (Å²) in [6, 6.07) is 12.9. The molecule has 2 aromatic rings. The zero-order valence-electron chi connectivity index (χ0n) is 12.9. The van der Waals surface area contributed by atoms with E-state index in [2.05, 4.69) is 0 Å². The van der Waals surface area contributed by atoms with Gasteiger partial charge in [0.25, 0.3) is 0 Å². The van der Waals surface area contributed by atoms with Gasteiger partial charge in [0.05, 0.1) is 33.1 Å². The number of rotatable bonds is 8. The van der Waals surface area contributed by atoms with Crippen molar-refractivity contribution in [2.75, 3.05) is 33.2 Å². The summed E-state index contributed by atoms with van der Waals surface area (Å²) >= 11 is 0. The van der Waals surface area contributed by atoms with Gasteiger partial charge in [-0.1, -0.05) is 12.1 Å². The molecule has 0 fully saturated rings. The van der Waals surface area contributed by atoms with Gasteiger partial charge in [0.1, 0.15) is 11.5 Å². The highest BCUT2D eigenvalue weighted by molar-refractivity contribution is 5.56. The lowest BCUT2D eigenvalue weighted by Crippen LogP contribution is -2.06. The Hall–Kier alpha value is -2.56. The van der Waals surface area contributed by atoms with Gasteiger partial charge >= 0.3 is 0 Å². The van der Waals surface area contributed by atoms with Crippen molar-refractivity contribution >= 4 is 5.69 Å². The van der Waals surface area contributed by atoms with Crippen LogP contribution < -0.4 is 24.7 Å². The highest BCUT2D eigenvalue weighted by atomic mass is 16.5. The topological polar surface area (TPSA) is 62.9 Å². The number of para-hydroxylation sites is 2. The first-order chi connectivity index (χ1) is 10.7. The summed E-state index contributed by atoms with van der Waals surface area (Å²) in [5.74, 6) is 2.82. The number of benzene rings is 2. The second-order valence-electron chi connectivity index (χ2n) is 4.61. The molecule has 2 aromatic carbocycles. The minimum absolute atomic E-state index is 0.520. The Morgan fingerprint density at radius 1 is 0.818 bits per heavy atom. The molecular weight excluding hydrogens is 282 g/mol. The maximum atomic E-state index is 5.89. The molecule has 2 rings (SSSR count). The molecule has 0 aliphatic rings. The van der Waals surface area contributed by atoms with E-state index in [1.807, 2.05) is 30.3 Å². The van der Waals surface area contributed by atoms with Crippen LogP contribution in [0.15, 0.2) is 42.5 Å². The normalized spacial score (nSPS) is 10.1. The van der Waals surface area contributed by atoms with E-state index >= 15 is 0 Å². The van der Waals surface area contributed by atoms with Crippen LogP contribution in [0.25, 0.3) is 0 Å². The second-order valence-corrected chi connectivity index (χ2v) is 4.61. The third-order valence-electron chi connectivity index (χ3n) is 3.09. The summed E-state index contributed by atoms with van der Waals surface area (Å²) in [5.41, 5.74) is 6.45. The zero-order chi connectivity index (χ0) is 15.8. The van der Waals surface area contributed by atoms with Crippen molar-refractivity contribution < 1.29 is 18.9 Å². The fourth-order valence-electron chi connectivity index (χ4n) is 1.95. The lowest BCUT2D eigenvalue weighted by atomic mass is 10.3. The molecule has 0 amide bonds. The van der Waals surface area contributed by atoms with E-state index in [4.69, 9.17) is 24.7 Å². The molecule has 0 radical (unpaired) electrons. The third kappa shape index (κ3) is 4.22. The van der Waals surface area contributed by atoms with Crippen molar-refractivity contribution in [1.82, 2.24) is 0 Å². The molecule has 0 saturated heterocycles. The predicted molar refractivity (Wildman–Crippen MR) is 86.0 cm³/mol. The van der Waals surface area contributed by atoms with Crippen LogP contribution in [0.5, 0.6) is 23.0 Å². The van der Waals surface area contributed by atoms with Crippen LogP contribution in [-0.2, 0) is 0 Å². The Balaban J connectivity index is 1.75. The first-order valence-corrected chi connectivity index (χ1v) is 7.06. The van der Waals surface area contributed by atoms with Crippen molar-refractivity contribution in [3.63, 3.8) is 0 Å². The molecule has 2 N–H and O–H groups in total. The number of hydrogen-bond donors (Lipinski definition) is 1. The second kappa shape index (κ2) is 8.02.